The van der Waals surface area contributed by atoms with Gasteiger partial charge in [-0.05, 0) is 32.4 Å². The summed E-state index contributed by atoms with van der Waals surface area (Å²) >= 11 is 0. The third-order valence-corrected chi connectivity index (χ3v) is 4.10. The number of carbonyl (C=O) groups excluding carboxylic acids is 1. The van der Waals surface area contributed by atoms with E-state index >= 15 is 0 Å². The van der Waals surface area contributed by atoms with Crippen molar-refractivity contribution in [3.63, 3.8) is 0 Å². The normalized spacial score (nSPS) is 15.8. The SMILES string of the molecule is CCc1nocc1NC(=O)N1Cc2ccc(OC)cc2OC(C)(C)C1. The number of aryl methyl sites for hydroxylation is 1. The van der Waals surface area contributed by atoms with Crippen molar-refractivity contribution in [3.8, 4) is 11.5 Å². The average molecular weight is 345 g/mol. The molecule has 1 aromatic carbocycles. The molecular weight excluding hydrogens is 322 g/mol. The van der Waals surface area contributed by atoms with E-state index in [0.717, 1.165) is 22.8 Å². The number of hydrogen-bond donors (Lipinski definition) is 1. The van der Waals surface area contributed by atoms with Crippen LogP contribution < -0.4 is 14.8 Å². The molecule has 0 fully saturated rings. The third kappa shape index (κ3) is 3.70. The number of rotatable bonds is 3. The lowest BCUT2D eigenvalue weighted by Crippen LogP contribution is -2.44. The maximum atomic E-state index is 12.8. The molecule has 0 saturated carbocycles. The minimum atomic E-state index is -0.531. The van der Waals surface area contributed by atoms with E-state index in [1.165, 1.54) is 6.26 Å². The molecule has 2 amide bonds. The summed E-state index contributed by atoms with van der Waals surface area (Å²) in [5.41, 5.74) is 1.73. The zero-order chi connectivity index (χ0) is 18.0. The first-order valence-corrected chi connectivity index (χ1v) is 8.27. The predicted octanol–water partition coefficient (Wildman–Crippen LogP) is 3.45. The Morgan fingerprint density at radius 1 is 1.44 bits per heavy atom. The number of aromatic nitrogens is 1. The lowest BCUT2D eigenvalue weighted by atomic mass is 10.1. The Morgan fingerprint density at radius 2 is 2.24 bits per heavy atom. The van der Waals surface area contributed by atoms with E-state index in [9.17, 15) is 4.79 Å². The van der Waals surface area contributed by atoms with Crippen molar-refractivity contribution in [2.24, 2.45) is 0 Å². The molecule has 2 heterocycles. The minimum Gasteiger partial charge on any atom is -0.497 e. The maximum absolute atomic E-state index is 12.8. The second kappa shape index (κ2) is 6.66. The van der Waals surface area contributed by atoms with Crippen molar-refractivity contribution < 1.29 is 18.8 Å². The molecule has 3 rings (SSSR count). The Balaban J connectivity index is 1.84. The van der Waals surface area contributed by atoms with E-state index in [1.807, 2.05) is 39.0 Å². The van der Waals surface area contributed by atoms with Crippen LogP contribution in [0.4, 0.5) is 10.5 Å². The molecule has 0 aliphatic carbocycles. The predicted molar refractivity (Wildman–Crippen MR) is 93.0 cm³/mol. The van der Waals surface area contributed by atoms with E-state index in [0.29, 0.717) is 25.2 Å². The van der Waals surface area contributed by atoms with Crippen LogP contribution in [-0.4, -0.2) is 35.3 Å². The van der Waals surface area contributed by atoms with Gasteiger partial charge in [-0.2, -0.15) is 0 Å². The van der Waals surface area contributed by atoms with Gasteiger partial charge in [0.15, 0.2) is 0 Å². The van der Waals surface area contributed by atoms with Gasteiger partial charge in [0.25, 0.3) is 0 Å². The van der Waals surface area contributed by atoms with Crippen LogP contribution in [-0.2, 0) is 13.0 Å². The summed E-state index contributed by atoms with van der Waals surface area (Å²) in [6.45, 7) is 6.77. The van der Waals surface area contributed by atoms with Crippen molar-refractivity contribution in [3.05, 3.63) is 35.7 Å². The summed E-state index contributed by atoms with van der Waals surface area (Å²) in [5, 5.41) is 6.77. The van der Waals surface area contributed by atoms with E-state index in [4.69, 9.17) is 14.0 Å². The van der Waals surface area contributed by atoms with Gasteiger partial charge in [-0.1, -0.05) is 12.1 Å². The van der Waals surface area contributed by atoms with E-state index in [2.05, 4.69) is 10.5 Å². The Labute approximate surface area is 146 Å². The number of carbonyl (C=O) groups is 1. The monoisotopic (exact) mass is 345 g/mol. The number of nitrogens with one attached hydrogen (secondary N) is 1. The van der Waals surface area contributed by atoms with Crippen molar-refractivity contribution in [1.82, 2.24) is 10.1 Å². The molecule has 0 bridgehead atoms. The van der Waals surface area contributed by atoms with Gasteiger partial charge in [-0.3, -0.25) is 0 Å². The van der Waals surface area contributed by atoms with E-state index in [-0.39, 0.29) is 6.03 Å². The minimum absolute atomic E-state index is 0.210. The van der Waals surface area contributed by atoms with Crippen LogP contribution in [0.3, 0.4) is 0 Å². The Morgan fingerprint density at radius 3 is 2.96 bits per heavy atom. The molecule has 0 saturated heterocycles. The summed E-state index contributed by atoms with van der Waals surface area (Å²) < 4.78 is 16.3. The second-order valence-corrected chi connectivity index (χ2v) is 6.65. The Kier molecular flexibility index (Phi) is 4.57. The van der Waals surface area contributed by atoms with Gasteiger partial charge in [-0.15, -0.1) is 0 Å². The fourth-order valence-corrected chi connectivity index (χ4v) is 2.89. The third-order valence-electron chi connectivity index (χ3n) is 4.10. The number of hydrogen-bond acceptors (Lipinski definition) is 5. The standard InChI is InChI=1S/C18H23N3O4/c1-5-14-15(10-24-20-14)19-17(22)21-9-12-6-7-13(23-4)8-16(12)25-18(2,3)11-21/h6-8,10H,5,9,11H2,1-4H3,(H,19,22). The number of nitrogens with zero attached hydrogens (tertiary/aromatic N) is 2. The van der Waals surface area contributed by atoms with Crippen LogP contribution in [0.2, 0.25) is 0 Å². The van der Waals surface area contributed by atoms with E-state index < -0.39 is 5.60 Å². The van der Waals surface area contributed by atoms with Crippen LogP contribution in [0.5, 0.6) is 11.5 Å². The topological polar surface area (TPSA) is 76.8 Å². The van der Waals surface area contributed by atoms with Crippen molar-refractivity contribution in [2.45, 2.75) is 39.3 Å². The smallest absolute Gasteiger partial charge is 0.322 e. The van der Waals surface area contributed by atoms with Crippen molar-refractivity contribution >= 4 is 11.7 Å². The quantitative estimate of drug-likeness (QED) is 0.922. The van der Waals surface area contributed by atoms with Gasteiger partial charge in [0.1, 0.15) is 34.7 Å². The highest BCUT2D eigenvalue weighted by Crippen LogP contribution is 2.32. The van der Waals surface area contributed by atoms with Crippen LogP contribution in [0.1, 0.15) is 32.0 Å². The summed E-state index contributed by atoms with van der Waals surface area (Å²) in [6, 6.07) is 5.44. The van der Waals surface area contributed by atoms with Crippen LogP contribution >= 0.6 is 0 Å². The molecular formula is C18H23N3O4. The summed E-state index contributed by atoms with van der Waals surface area (Å²) in [6.07, 6.45) is 2.14. The van der Waals surface area contributed by atoms with Crippen LogP contribution in [0.15, 0.2) is 29.0 Å². The van der Waals surface area contributed by atoms with Crippen molar-refractivity contribution in [2.75, 3.05) is 19.0 Å². The summed E-state index contributed by atoms with van der Waals surface area (Å²) in [5.74, 6) is 1.46. The molecule has 1 aliphatic heterocycles. The van der Waals surface area contributed by atoms with Gasteiger partial charge in [-0.25, -0.2) is 4.79 Å². The van der Waals surface area contributed by atoms with Gasteiger partial charge < -0.3 is 24.2 Å². The number of anilines is 1. The molecule has 2 aromatic rings. The highest BCUT2D eigenvalue weighted by atomic mass is 16.5. The molecule has 0 unspecified atom stereocenters. The highest BCUT2D eigenvalue weighted by molar-refractivity contribution is 5.89. The molecule has 25 heavy (non-hydrogen) atoms. The number of amides is 2. The lowest BCUT2D eigenvalue weighted by Gasteiger charge is -2.29. The molecule has 0 atom stereocenters. The molecule has 1 aromatic heterocycles. The first kappa shape index (κ1) is 17.1. The zero-order valence-corrected chi connectivity index (χ0v) is 15.0. The molecule has 7 heteroatoms. The van der Waals surface area contributed by atoms with Crippen LogP contribution in [0.25, 0.3) is 0 Å². The molecule has 0 radical (unpaired) electrons. The van der Waals surface area contributed by atoms with Gasteiger partial charge in [0.05, 0.1) is 20.2 Å². The van der Waals surface area contributed by atoms with Gasteiger partial charge in [0, 0.05) is 11.6 Å². The first-order valence-electron chi connectivity index (χ1n) is 8.27. The van der Waals surface area contributed by atoms with E-state index in [1.54, 1.807) is 12.0 Å². The molecule has 1 aliphatic rings. The summed E-state index contributed by atoms with van der Waals surface area (Å²) in [7, 11) is 1.62. The zero-order valence-electron chi connectivity index (χ0n) is 15.0. The first-order chi connectivity index (χ1) is 11.9. The maximum Gasteiger partial charge on any atom is 0.322 e. The van der Waals surface area contributed by atoms with Crippen molar-refractivity contribution in [1.29, 1.82) is 0 Å². The lowest BCUT2D eigenvalue weighted by molar-refractivity contribution is 0.0833. The number of ether oxygens (including phenoxy) is 2. The number of methoxy groups -OCH3 is 1. The number of urea groups is 1. The van der Waals surface area contributed by atoms with Crippen LogP contribution in [0, 0.1) is 0 Å². The highest BCUT2D eigenvalue weighted by Gasteiger charge is 2.32. The Hall–Kier alpha value is -2.70. The number of benzene rings is 1. The molecule has 7 nitrogen and oxygen atoms in total. The molecule has 134 valence electrons. The average Bonchev–Trinajstić information content (AvgIpc) is 2.96. The van der Waals surface area contributed by atoms with Gasteiger partial charge >= 0.3 is 6.03 Å². The molecule has 1 N–H and O–H groups in total. The Bertz CT molecular complexity index is 769. The largest absolute Gasteiger partial charge is 0.497 e. The summed E-state index contributed by atoms with van der Waals surface area (Å²) in [4.78, 5) is 14.5. The number of fused-ring (bicyclic) bond motifs is 1. The molecule has 0 spiro atoms. The fraction of sp³-hybridized carbons (Fsp3) is 0.444. The van der Waals surface area contributed by atoms with Gasteiger partial charge in [0.2, 0.25) is 0 Å². The second-order valence-electron chi connectivity index (χ2n) is 6.65. The fourth-order valence-electron chi connectivity index (χ4n) is 2.89.